The first-order valence-corrected chi connectivity index (χ1v) is 7.08. The van der Waals surface area contributed by atoms with Gasteiger partial charge < -0.3 is 5.32 Å². The third-order valence-corrected chi connectivity index (χ3v) is 3.47. The van der Waals surface area contributed by atoms with E-state index >= 15 is 0 Å². The fourth-order valence-corrected chi connectivity index (χ4v) is 2.13. The third kappa shape index (κ3) is 2.98. The molecule has 0 radical (unpaired) electrons. The Labute approximate surface area is 137 Å². The van der Waals surface area contributed by atoms with Gasteiger partial charge in [0.25, 0.3) is 5.91 Å². The van der Waals surface area contributed by atoms with Crippen LogP contribution in [0.15, 0.2) is 48.7 Å². The Morgan fingerprint density at radius 1 is 1.29 bits per heavy atom. The summed E-state index contributed by atoms with van der Waals surface area (Å²) in [4.78, 5) is 12.3. The fraction of sp³-hybridized carbons (Fsp3) is 0.0588. The molecule has 0 aliphatic rings. The zero-order valence-electron chi connectivity index (χ0n) is 12.7. The number of anilines is 1. The number of hydrogen-bond donors (Lipinski definition) is 1. The molecule has 24 heavy (non-hydrogen) atoms. The van der Waals surface area contributed by atoms with Crippen molar-refractivity contribution in [3.63, 3.8) is 0 Å². The molecule has 3 aromatic rings. The van der Waals surface area contributed by atoms with Crippen molar-refractivity contribution in [1.29, 1.82) is 5.26 Å². The topological polar surface area (TPSA) is 83.6 Å². The van der Waals surface area contributed by atoms with Gasteiger partial charge >= 0.3 is 0 Å². The number of nitrogens with one attached hydrogen (secondary N) is 1. The van der Waals surface area contributed by atoms with Crippen molar-refractivity contribution >= 4 is 11.6 Å². The SMILES string of the molecule is Cc1c(F)cc(C#N)cc1NC(=O)c1cn(-c2ccccc2)nn1. The van der Waals surface area contributed by atoms with Crippen LogP contribution in [0, 0.1) is 24.1 Å². The lowest BCUT2D eigenvalue weighted by atomic mass is 10.1. The number of para-hydroxylation sites is 1. The van der Waals surface area contributed by atoms with E-state index in [1.54, 1.807) is 0 Å². The summed E-state index contributed by atoms with van der Waals surface area (Å²) in [6.45, 7) is 1.52. The molecule has 0 unspecified atom stereocenters. The molecular formula is C17H12FN5O. The Morgan fingerprint density at radius 2 is 2.04 bits per heavy atom. The van der Waals surface area contributed by atoms with Crippen LogP contribution < -0.4 is 5.32 Å². The molecule has 1 N–H and O–H groups in total. The monoisotopic (exact) mass is 321 g/mol. The van der Waals surface area contributed by atoms with Gasteiger partial charge in [-0.25, -0.2) is 9.07 Å². The molecule has 1 heterocycles. The maximum atomic E-state index is 13.8. The number of nitrogens with zero attached hydrogens (tertiary/aromatic N) is 4. The minimum Gasteiger partial charge on any atom is -0.320 e. The number of halogens is 1. The molecule has 2 aromatic carbocycles. The second kappa shape index (κ2) is 6.30. The minimum atomic E-state index is -0.558. The van der Waals surface area contributed by atoms with Crippen molar-refractivity contribution in [1.82, 2.24) is 15.0 Å². The van der Waals surface area contributed by atoms with E-state index in [4.69, 9.17) is 5.26 Å². The van der Waals surface area contributed by atoms with Crippen LogP contribution in [0.4, 0.5) is 10.1 Å². The van der Waals surface area contributed by atoms with Crippen LogP contribution in [-0.2, 0) is 0 Å². The molecule has 0 spiro atoms. The van der Waals surface area contributed by atoms with Gasteiger partial charge in [0.1, 0.15) is 5.82 Å². The lowest BCUT2D eigenvalue weighted by Crippen LogP contribution is -2.14. The molecule has 0 saturated heterocycles. The molecule has 7 heteroatoms. The van der Waals surface area contributed by atoms with Crippen LogP contribution in [-0.4, -0.2) is 20.9 Å². The van der Waals surface area contributed by atoms with E-state index in [0.717, 1.165) is 11.8 Å². The van der Waals surface area contributed by atoms with Gasteiger partial charge in [0.2, 0.25) is 0 Å². The number of carbonyl (C=O) groups excluding carboxylic acids is 1. The second-order valence-corrected chi connectivity index (χ2v) is 5.08. The van der Waals surface area contributed by atoms with Crippen LogP contribution in [0.3, 0.4) is 0 Å². The smallest absolute Gasteiger partial charge is 0.277 e. The van der Waals surface area contributed by atoms with Crippen molar-refractivity contribution in [3.05, 3.63) is 71.3 Å². The van der Waals surface area contributed by atoms with Crippen LogP contribution in [0.25, 0.3) is 5.69 Å². The molecule has 0 aliphatic heterocycles. The van der Waals surface area contributed by atoms with Gasteiger partial charge in [-0.3, -0.25) is 4.79 Å². The molecule has 0 saturated carbocycles. The molecule has 118 valence electrons. The van der Waals surface area contributed by atoms with Crippen LogP contribution in [0.1, 0.15) is 21.6 Å². The lowest BCUT2D eigenvalue weighted by molar-refractivity contribution is 0.102. The van der Waals surface area contributed by atoms with Gasteiger partial charge in [-0.1, -0.05) is 23.4 Å². The van der Waals surface area contributed by atoms with Crippen molar-refractivity contribution in [3.8, 4) is 11.8 Å². The highest BCUT2D eigenvalue weighted by atomic mass is 19.1. The summed E-state index contributed by atoms with van der Waals surface area (Å²) in [5, 5.41) is 19.2. The van der Waals surface area contributed by atoms with Gasteiger partial charge in [-0.2, -0.15) is 5.26 Å². The number of rotatable bonds is 3. The number of benzene rings is 2. The van der Waals surface area contributed by atoms with Crippen molar-refractivity contribution in [2.75, 3.05) is 5.32 Å². The van der Waals surface area contributed by atoms with Gasteiger partial charge in [-0.15, -0.1) is 5.10 Å². The standard InChI is InChI=1S/C17H12FN5O/c1-11-14(18)7-12(9-19)8-15(11)20-17(24)16-10-23(22-21-16)13-5-3-2-4-6-13/h2-8,10H,1H3,(H,20,24). The summed E-state index contributed by atoms with van der Waals surface area (Å²) in [6, 6.07) is 13.6. The van der Waals surface area contributed by atoms with Gasteiger partial charge in [0.15, 0.2) is 5.69 Å². The van der Waals surface area contributed by atoms with E-state index in [-0.39, 0.29) is 22.5 Å². The van der Waals surface area contributed by atoms with E-state index in [9.17, 15) is 9.18 Å². The number of carbonyl (C=O) groups is 1. The van der Waals surface area contributed by atoms with Crippen LogP contribution in [0.5, 0.6) is 0 Å². The van der Waals surface area contributed by atoms with Crippen molar-refractivity contribution in [2.45, 2.75) is 6.92 Å². The van der Waals surface area contributed by atoms with Crippen LogP contribution in [0.2, 0.25) is 0 Å². The summed E-state index contributed by atoms with van der Waals surface area (Å²) >= 11 is 0. The maximum Gasteiger partial charge on any atom is 0.277 e. The molecule has 6 nitrogen and oxygen atoms in total. The first-order chi connectivity index (χ1) is 11.6. The zero-order valence-corrected chi connectivity index (χ0v) is 12.7. The Balaban J connectivity index is 1.85. The van der Waals surface area contributed by atoms with E-state index in [0.29, 0.717) is 0 Å². The Kier molecular flexibility index (Phi) is 4.03. The van der Waals surface area contributed by atoms with Gasteiger partial charge in [-0.05, 0) is 31.2 Å². The molecule has 0 bridgehead atoms. The minimum absolute atomic E-state index is 0.0843. The quantitative estimate of drug-likeness (QED) is 0.804. The largest absolute Gasteiger partial charge is 0.320 e. The molecule has 0 atom stereocenters. The van der Waals surface area contributed by atoms with Gasteiger partial charge in [0.05, 0.1) is 23.5 Å². The van der Waals surface area contributed by atoms with Crippen molar-refractivity contribution in [2.24, 2.45) is 0 Å². The van der Waals surface area contributed by atoms with E-state index in [1.165, 1.54) is 23.9 Å². The Bertz CT molecular complexity index is 943. The van der Waals surface area contributed by atoms with E-state index in [2.05, 4.69) is 15.6 Å². The third-order valence-electron chi connectivity index (χ3n) is 3.47. The molecule has 3 rings (SSSR count). The fourth-order valence-electron chi connectivity index (χ4n) is 2.13. The lowest BCUT2D eigenvalue weighted by Gasteiger charge is -2.08. The van der Waals surface area contributed by atoms with E-state index < -0.39 is 11.7 Å². The summed E-state index contributed by atoms with van der Waals surface area (Å²) in [5.74, 6) is -1.09. The molecule has 1 aromatic heterocycles. The summed E-state index contributed by atoms with van der Waals surface area (Å²) in [6.07, 6.45) is 1.48. The number of aromatic nitrogens is 3. The number of hydrogen-bond acceptors (Lipinski definition) is 4. The van der Waals surface area contributed by atoms with E-state index in [1.807, 2.05) is 36.4 Å². The predicted octanol–water partition coefficient (Wildman–Crippen LogP) is 2.84. The van der Waals surface area contributed by atoms with Gasteiger partial charge in [0, 0.05) is 11.3 Å². The summed E-state index contributed by atoms with van der Waals surface area (Å²) in [5.41, 5.74) is 1.45. The predicted molar refractivity (Wildman–Crippen MR) is 85.2 cm³/mol. The second-order valence-electron chi connectivity index (χ2n) is 5.08. The average Bonchev–Trinajstić information content (AvgIpc) is 3.09. The highest BCUT2D eigenvalue weighted by molar-refractivity contribution is 6.03. The summed E-state index contributed by atoms with van der Waals surface area (Å²) < 4.78 is 15.2. The Morgan fingerprint density at radius 3 is 2.75 bits per heavy atom. The summed E-state index contributed by atoms with van der Waals surface area (Å²) in [7, 11) is 0. The number of nitriles is 1. The first-order valence-electron chi connectivity index (χ1n) is 7.08. The molecule has 0 fully saturated rings. The maximum absolute atomic E-state index is 13.8. The highest BCUT2D eigenvalue weighted by Gasteiger charge is 2.15. The number of amides is 1. The van der Waals surface area contributed by atoms with Crippen molar-refractivity contribution < 1.29 is 9.18 Å². The molecule has 0 aliphatic carbocycles. The Hall–Kier alpha value is -3.53. The first kappa shape index (κ1) is 15.4. The zero-order chi connectivity index (χ0) is 17.1. The molecule has 1 amide bonds. The molecular weight excluding hydrogens is 309 g/mol. The van der Waals surface area contributed by atoms with Crippen LogP contribution >= 0.6 is 0 Å². The highest BCUT2D eigenvalue weighted by Crippen LogP contribution is 2.21. The average molecular weight is 321 g/mol. The normalized spacial score (nSPS) is 10.2.